The lowest BCUT2D eigenvalue weighted by molar-refractivity contribution is 0.204. The number of rotatable bonds is 3. The molecule has 2 aliphatic rings. The molecule has 18 heavy (non-hydrogen) atoms. The van der Waals surface area contributed by atoms with Crippen LogP contribution in [0.2, 0.25) is 0 Å². The molecule has 0 aromatic heterocycles. The topological polar surface area (TPSA) is 12.0 Å². The van der Waals surface area contributed by atoms with Crippen molar-refractivity contribution >= 4 is 0 Å². The van der Waals surface area contributed by atoms with Crippen molar-refractivity contribution < 1.29 is 0 Å². The Labute approximate surface area is 111 Å². The smallest absolute Gasteiger partial charge is 0.00954 e. The standard InChI is InChI=1S/C17H25N/c1-12-6-5-9-17(13(12)2)18-11-15-10-14-7-3-4-8-16(14)15/h3-4,7-8,12-13,15,17-18H,5-6,9-11H2,1-2H3. The SMILES string of the molecule is CC1CCCC(NCC2Cc3ccccc32)C1C. The van der Waals surface area contributed by atoms with Gasteiger partial charge in [-0.05, 0) is 35.8 Å². The lowest BCUT2D eigenvalue weighted by Gasteiger charge is -2.37. The van der Waals surface area contributed by atoms with Crippen LogP contribution in [0.1, 0.15) is 50.2 Å². The highest BCUT2D eigenvalue weighted by atomic mass is 14.9. The molecule has 98 valence electrons. The Morgan fingerprint density at radius 1 is 1.17 bits per heavy atom. The monoisotopic (exact) mass is 243 g/mol. The molecule has 4 atom stereocenters. The van der Waals surface area contributed by atoms with E-state index in [1.165, 1.54) is 32.2 Å². The van der Waals surface area contributed by atoms with E-state index in [1.54, 1.807) is 11.1 Å². The van der Waals surface area contributed by atoms with Crippen molar-refractivity contribution in [2.24, 2.45) is 11.8 Å². The van der Waals surface area contributed by atoms with Crippen molar-refractivity contribution in [3.05, 3.63) is 35.4 Å². The van der Waals surface area contributed by atoms with E-state index in [1.807, 2.05) is 0 Å². The highest BCUT2D eigenvalue weighted by molar-refractivity contribution is 5.40. The molecule has 1 nitrogen and oxygen atoms in total. The molecular weight excluding hydrogens is 218 g/mol. The molecule has 0 saturated heterocycles. The van der Waals surface area contributed by atoms with Crippen LogP contribution in [0.15, 0.2) is 24.3 Å². The van der Waals surface area contributed by atoms with Crippen molar-refractivity contribution in [3.8, 4) is 0 Å². The highest BCUT2D eigenvalue weighted by Crippen LogP contribution is 2.35. The van der Waals surface area contributed by atoms with Gasteiger partial charge in [0.2, 0.25) is 0 Å². The summed E-state index contributed by atoms with van der Waals surface area (Å²) in [6.45, 7) is 6.02. The van der Waals surface area contributed by atoms with E-state index in [4.69, 9.17) is 0 Å². The number of hydrogen-bond acceptors (Lipinski definition) is 1. The average molecular weight is 243 g/mol. The molecule has 0 spiro atoms. The fourth-order valence-electron chi connectivity index (χ4n) is 3.71. The molecule has 1 aromatic carbocycles. The van der Waals surface area contributed by atoms with Crippen molar-refractivity contribution in [1.29, 1.82) is 0 Å². The van der Waals surface area contributed by atoms with Gasteiger partial charge in [0.25, 0.3) is 0 Å². The van der Waals surface area contributed by atoms with Crippen LogP contribution in [-0.2, 0) is 6.42 Å². The Kier molecular flexibility index (Phi) is 3.43. The van der Waals surface area contributed by atoms with Crippen LogP contribution in [0.4, 0.5) is 0 Å². The first kappa shape index (κ1) is 12.2. The zero-order valence-corrected chi connectivity index (χ0v) is 11.7. The molecule has 0 amide bonds. The van der Waals surface area contributed by atoms with Gasteiger partial charge in [-0.1, -0.05) is 51.0 Å². The van der Waals surface area contributed by atoms with Gasteiger partial charge >= 0.3 is 0 Å². The minimum Gasteiger partial charge on any atom is -0.313 e. The van der Waals surface area contributed by atoms with Gasteiger partial charge in [0.05, 0.1) is 0 Å². The summed E-state index contributed by atoms with van der Waals surface area (Å²) < 4.78 is 0. The minimum absolute atomic E-state index is 0.751. The minimum atomic E-state index is 0.751. The maximum Gasteiger partial charge on any atom is 0.00954 e. The molecule has 1 N–H and O–H groups in total. The van der Waals surface area contributed by atoms with Crippen LogP contribution in [0, 0.1) is 11.8 Å². The van der Waals surface area contributed by atoms with Gasteiger partial charge in [0, 0.05) is 18.5 Å². The van der Waals surface area contributed by atoms with Gasteiger partial charge in [-0.2, -0.15) is 0 Å². The van der Waals surface area contributed by atoms with Crippen molar-refractivity contribution in [1.82, 2.24) is 5.32 Å². The largest absolute Gasteiger partial charge is 0.313 e. The van der Waals surface area contributed by atoms with E-state index in [-0.39, 0.29) is 0 Å². The number of fused-ring (bicyclic) bond motifs is 1. The predicted octanol–water partition coefficient (Wildman–Crippen LogP) is 3.74. The fourth-order valence-corrected chi connectivity index (χ4v) is 3.71. The molecule has 1 saturated carbocycles. The average Bonchev–Trinajstić information content (AvgIpc) is 2.35. The zero-order chi connectivity index (χ0) is 12.5. The van der Waals surface area contributed by atoms with Crippen LogP contribution in [0.3, 0.4) is 0 Å². The van der Waals surface area contributed by atoms with E-state index >= 15 is 0 Å². The quantitative estimate of drug-likeness (QED) is 0.852. The Bertz CT molecular complexity index is 412. The van der Waals surface area contributed by atoms with E-state index in [0.29, 0.717) is 0 Å². The normalized spacial score (nSPS) is 34.8. The first-order valence-electron chi connectivity index (χ1n) is 7.57. The first-order valence-corrected chi connectivity index (χ1v) is 7.57. The van der Waals surface area contributed by atoms with Crippen LogP contribution < -0.4 is 5.32 Å². The highest BCUT2D eigenvalue weighted by Gasteiger charge is 2.29. The predicted molar refractivity (Wildman–Crippen MR) is 76.9 cm³/mol. The summed E-state index contributed by atoms with van der Waals surface area (Å²) in [5, 5.41) is 3.84. The van der Waals surface area contributed by atoms with E-state index in [9.17, 15) is 0 Å². The molecule has 2 aliphatic carbocycles. The third-order valence-electron chi connectivity index (χ3n) is 5.29. The third-order valence-corrected chi connectivity index (χ3v) is 5.29. The van der Waals surface area contributed by atoms with Gasteiger partial charge in [0.1, 0.15) is 0 Å². The van der Waals surface area contributed by atoms with Gasteiger partial charge in [-0.15, -0.1) is 0 Å². The van der Waals surface area contributed by atoms with Gasteiger partial charge in [-0.25, -0.2) is 0 Å². The van der Waals surface area contributed by atoms with Crippen LogP contribution in [0.5, 0.6) is 0 Å². The summed E-state index contributed by atoms with van der Waals surface area (Å²) in [6, 6.07) is 9.67. The number of nitrogens with one attached hydrogen (secondary N) is 1. The third kappa shape index (κ3) is 2.21. The molecule has 0 bridgehead atoms. The maximum absolute atomic E-state index is 3.84. The summed E-state index contributed by atoms with van der Waals surface area (Å²) in [4.78, 5) is 0. The summed E-state index contributed by atoms with van der Waals surface area (Å²) in [7, 11) is 0. The molecular formula is C17H25N. The van der Waals surface area contributed by atoms with Gasteiger partial charge in [-0.3, -0.25) is 0 Å². The zero-order valence-electron chi connectivity index (χ0n) is 11.7. The van der Waals surface area contributed by atoms with Crippen molar-refractivity contribution in [2.45, 2.75) is 51.5 Å². The fraction of sp³-hybridized carbons (Fsp3) is 0.647. The molecule has 1 aromatic rings. The molecule has 0 heterocycles. The summed E-state index contributed by atoms with van der Waals surface area (Å²) in [6.07, 6.45) is 5.48. The van der Waals surface area contributed by atoms with E-state index in [0.717, 1.165) is 23.8 Å². The molecule has 1 heteroatoms. The van der Waals surface area contributed by atoms with Gasteiger partial charge in [0.15, 0.2) is 0 Å². The lowest BCUT2D eigenvalue weighted by Crippen LogP contribution is -2.43. The van der Waals surface area contributed by atoms with Crippen LogP contribution >= 0.6 is 0 Å². The Balaban J connectivity index is 1.54. The number of benzene rings is 1. The Hall–Kier alpha value is -0.820. The van der Waals surface area contributed by atoms with Crippen molar-refractivity contribution in [2.75, 3.05) is 6.54 Å². The second kappa shape index (κ2) is 5.05. The Morgan fingerprint density at radius 2 is 2.00 bits per heavy atom. The molecule has 4 unspecified atom stereocenters. The second-order valence-corrected chi connectivity index (χ2v) is 6.38. The Morgan fingerprint density at radius 3 is 2.83 bits per heavy atom. The van der Waals surface area contributed by atoms with Crippen molar-refractivity contribution in [3.63, 3.8) is 0 Å². The van der Waals surface area contributed by atoms with Crippen LogP contribution in [0.25, 0.3) is 0 Å². The summed E-state index contributed by atoms with van der Waals surface area (Å²) in [5.74, 6) is 2.50. The molecule has 1 fully saturated rings. The first-order chi connectivity index (χ1) is 8.75. The molecule has 0 aliphatic heterocycles. The molecule has 0 radical (unpaired) electrons. The lowest BCUT2D eigenvalue weighted by atomic mass is 9.75. The molecule has 3 rings (SSSR count). The second-order valence-electron chi connectivity index (χ2n) is 6.38. The number of hydrogen-bond donors (Lipinski definition) is 1. The van der Waals surface area contributed by atoms with E-state index < -0.39 is 0 Å². The maximum atomic E-state index is 3.84. The van der Waals surface area contributed by atoms with Gasteiger partial charge < -0.3 is 5.32 Å². The summed E-state index contributed by atoms with van der Waals surface area (Å²) >= 11 is 0. The van der Waals surface area contributed by atoms with E-state index in [2.05, 4.69) is 43.4 Å². The van der Waals surface area contributed by atoms with Crippen LogP contribution in [-0.4, -0.2) is 12.6 Å². The summed E-state index contributed by atoms with van der Waals surface area (Å²) in [5.41, 5.74) is 3.15.